The molecule has 0 atom stereocenters. The summed E-state index contributed by atoms with van der Waals surface area (Å²) in [6.07, 6.45) is 2.99. The fraction of sp³-hybridized carbons (Fsp3) is 0.333. The van der Waals surface area contributed by atoms with E-state index in [-0.39, 0.29) is 5.82 Å². The number of H-pyrrole nitrogens is 1. The van der Waals surface area contributed by atoms with Crippen LogP contribution in [0.5, 0.6) is 0 Å². The van der Waals surface area contributed by atoms with Gasteiger partial charge in [-0.25, -0.2) is 4.39 Å². The first-order valence-corrected chi connectivity index (χ1v) is 8.71. The Hall–Kier alpha value is -2.13. The Labute approximate surface area is 142 Å². The van der Waals surface area contributed by atoms with E-state index in [0.29, 0.717) is 12.5 Å². The van der Waals surface area contributed by atoms with Gasteiger partial charge >= 0.3 is 0 Å². The van der Waals surface area contributed by atoms with Gasteiger partial charge in [0, 0.05) is 22.2 Å². The quantitative estimate of drug-likeness (QED) is 0.587. The van der Waals surface area contributed by atoms with E-state index in [9.17, 15) is 4.39 Å². The summed E-state index contributed by atoms with van der Waals surface area (Å²) < 4.78 is 13.7. The molecule has 0 aliphatic carbocycles. The van der Waals surface area contributed by atoms with Crippen LogP contribution in [0.3, 0.4) is 0 Å². The Kier molecular flexibility index (Phi) is 5.00. The first kappa shape index (κ1) is 16.7. The minimum Gasteiger partial charge on any atom is -0.354 e. The molecule has 1 aromatic heterocycles. The van der Waals surface area contributed by atoms with Crippen molar-refractivity contribution in [1.82, 2.24) is 4.98 Å². The van der Waals surface area contributed by atoms with Crippen LogP contribution in [-0.2, 0) is 6.42 Å². The number of unbranched alkanes of at least 4 members (excludes halogenated alkanes) is 1. The molecule has 1 heterocycles. The Morgan fingerprint density at radius 2 is 1.88 bits per heavy atom. The lowest BCUT2D eigenvalue weighted by atomic mass is 9.96. The highest BCUT2D eigenvalue weighted by molar-refractivity contribution is 5.93. The topological polar surface area (TPSA) is 41.8 Å². The molecule has 2 nitrogen and oxygen atoms in total. The van der Waals surface area contributed by atoms with Crippen molar-refractivity contribution in [1.29, 1.82) is 0 Å². The van der Waals surface area contributed by atoms with Crippen molar-refractivity contribution in [3.05, 3.63) is 59.4 Å². The standard InChI is InChI=1S/C21H25FN2/c1-14(2)17-10-6-11-19-18(9-3-4-12-23)20(24-21(17)19)15-7-5-8-16(22)13-15/h5-8,10-11,13-14,24H,3-4,9,12,23H2,1-2H3. The zero-order valence-electron chi connectivity index (χ0n) is 14.4. The van der Waals surface area contributed by atoms with Crippen LogP contribution in [0.4, 0.5) is 4.39 Å². The molecule has 0 bridgehead atoms. The second-order valence-corrected chi connectivity index (χ2v) is 6.66. The van der Waals surface area contributed by atoms with Crippen LogP contribution in [0.2, 0.25) is 0 Å². The number of fused-ring (bicyclic) bond motifs is 1. The summed E-state index contributed by atoms with van der Waals surface area (Å²) in [5, 5.41) is 1.25. The molecule has 0 fully saturated rings. The number of benzene rings is 2. The van der Waals surface area contributed by atoms with Crippen molar-refractivity contribution in [2.45, 2.75) is 39.0 Å². The number of nitrogens with two attached hydrogens (primary N) is 1. The molecular formula is C21H25FN2. The van der Waals surface area contributed by atoms with E-state index in [2.05, 4.69) is 37.0 Å². The van der Waals surface area contributed by atoms with Crippen LogP contribution >= 0.6 is 0 Å². The largest absolute Gasteiger partial charge is 0.354 e. The highest BCUT2D eigenvalue weighted by atomic mass is 19.1. The molecule has 0 spiro atoms. The number of rotatable bonds is 6. The maximum atomic E-state index is 13.7. The number of nitrogens with one attached hydrogen (secondary N) is 1. The highest BCUT2D eigenvalue weighted by Crippen LogP contribution is 2.35. The molecule has 2 aromatic carbocycles. The van der Waals surface area contributed by atoms with Crippen LogP contribution in [0.15, 0.2) is 42.5 Å². The van der Waals surface area contributed by atoms with Gasteiger partial charge in [0.2, 0.25) is 0 Å². The Bertz CT molecular complexity index is 833. The van der Waals surface area contributed by atoms with Crippen LogP contribution < -0.4 is 5.73 Å². The van der Waals surface area contributed by atoms with Crippen LogP contribution in [-0.4, -0.2) is 11.5 Å². The minimum atomic E-state index is -0.205. The lowest BCUT2D eigenvalue weighted by Gasteiger charge is -2.07. The van der Waals surface area contributed by atoms with Gasteiger partial charge in [-0.3, -0.25) is 0 Å². The molecule has 126 valence electrons. The highest BCUT2D eigenvalue weighted by Gasteiger charge is 2.16. The average Bonchev–Trinajstić information content (AvgIpc) is 2.94. The van der Waals surface area contributed by atoms with Gasteiger partial charge in [-0.05, 0) is 55.0 Å². The molecule has 3 aromatic rings. The predicted octanol–water partition coefficient (Wildman–Crippen LogP) is 5.38. The van der Waals surface area contributed by atoms with E-state index >= 15 is 0 Å². The smallest absolute Gasteiger partial charge is 0.123 e. The second kappa shape index (κ2) is 7.18. The van der Waals surface area contributed by atoms with E-state index < -0.39 is 0 Å². The molecule has 0 aliphatic heterocycles. The van der Waals surface area contributed by atoms with Gasteiger partial charge in [-0.1, -0.05) is 44.2 Å². The number of aromatic amines is 1. The lowest BCUT2D eigenvalue weighted by Crippen LogP contribution is -1.99. The van der Waals surface area contributed by atoms with Gasteiger partial charge in [-0.2, -0.15) is 0 Å². The maximum Gasteiger partial charge on any atom is 0.123 e. The van der Waals surface area contributed by atoms with Crippen LogP contribution in [0, 0.1) is 5.82 Å². The minimum absolute atomic E-state index is 0.205. The zero-order chi connectivity index (χ0) is 17.1. The third-order valence-electron chi connectivity index (χ3n) is 4.59. The van der Waals surface area contributed by atoms with Gasteiger partial charge in [0.25, 0.3) is 0 Å². The number of hydrogen-bond acceptors (Lipinski definition) is 1. The van der Waals surface area contributed by atoms with Gasteiger partial charge in [0.05, 0.1) is 0 Å². The fourth-order valence-corrected chi connectivity index (χ4v) is 3.37. The van der Waals surface area contributed by atoms with Gasteiger partial charge in [0.15, 0.2) is 0 Å². The van der Waals surface area contributed by atoms with E-state index in [1.54, 1.807) is 12.1 Å². The number of aryl methyl sites for hydroxylation is 1. The first-order chi connectivity index (χ1) is 11.6. The number of aromatic nitrogens is 1. The molecular weight excluding hydrogens is 299 g/mol. The molecule has 24 heavy (non-hydrogen) atoms. The number of halogens is 1. The van der Waals surface area contributed by atoms with Crippen molar-refractivity contribution in [3.8, 4) is 11.3 Å². The van der Waals surface area contributed by atoms with E-state index in [1.807, 2.05) is 6.07 Å². The van der Waals surface area contributed by atoms with Gasteiger partial charge in [0.1, 0.15) is 5.82 Å². The molecule has 0 saturated carbocycles. The van der Waals surface area contributed by atoms with Crippen LogP contribution in [0.1, 0.15) is 43.7 Å². The summed E-state index contributed by atoms with van der Waals surface area (Å²) in [7, 11) is 0. The van der Waals surface area contributed by atoms with Gasteiger partial charge < -0.3 is 10.7 Å². The molecule has 0 unspecified atom stereocenters. The molecule has 3 heteroatoms. The van der Waals surface area contributed by atoms with Crippen molar-refractivity contribution in [2.24, 2.45) is 5.73 Å². The van der Waals surface area contributed by atoms with Crippen molar-refractivity contribution in [3.63, 3.8) is 0 Å². The number of para-hydroxylation sites is 1. The summed E-state index contributed by atoms with van der Waals surface area (Å²) >= 11 is 0. The molecule has 0 aliphatic rings. The Morgan fingerprint density at radius 3 is 2.58 bits per heavy atom. The molecule has 3 N–H and O–H groups in total. The Balaban J connectivity index is 2.18. The molecule has 3 rings (SSSR count). The summed E-state index contributed by atoms with van der Waals surface area (Å²) in [5.74, 6) is 0.229. The SMILES string of the molecule is CC(C)c1cccc2c(CCCCN)c(-c3cccc(F)c3)[nH]c12. The monoisotopic (exact) mass is 324 g/mol. The summed E-state index contributed by atoms with van der Waals surface area (Å²) in [6, 6.07) is 13.3. The zero-order valence-corrected chi connectivity index (χ0v) is 14.4. The van der Waals surface area contributed by atoms with Crippen LogP contribution in [0.25, 0.3) is 22.2 Å². The summed E-state index contributed by atoms with van der Waals surface area (Å²) in [5.41, 5.74) is 11.3. The average molecular weight is 324 g/mol. The van der Waals surface area contributed by atoms with Crippen molar-refractivity contribution in [2.75, 3.05) is 6.54 Å². The summed E-state index contributed by atoms with van der Waals surface area (Å²) in [6.45, 7) is 5.10. The molecule has 0 saturated heterocycles. The fourth-order valence-electron chi connectivity index (χ4n) is 3.37. The lowest BCUT2D eigenvalue weighted by molar-refractivity contribution is 0.628. The summed E-state index contributed by atoms with van der Waals surface area (Å²) in [4.78, 5) is 3.59. The third-order valence-corrected chi connectivity index (χ3v) is 4.59. The molecule has 0 amide bonds. The van der Waals surface area contributed by atoms with Gasteiger partial charge in [-0.15, -0.1) is 0 Å². The molecule has 0 radical (unpaired) electrons. The van der Waals surface area contributed by atoms with E-state index in [0.717, 1.165) is 30.5 Å². The predicted molar refractivity (Wildman–Crippen MR) is 99.8 cm³/mol. The maximum absolute atomic E-state index is 13.7. The normalized spacial score (nSPS) is 11.5. The first-order valence-electron chi connectivity index (χ1n) is 8.71. The number of hydrogen-bond donors (Lipinski definition) is 2. The van der Waals surface area contributed by atoms with Crippen molar-refractivity contribution >= 4 is 10.9 Å². The second-order valence-electron chi connectivity index (χ2n) is 6.66. The van der Waals surface area contributed by atoms with E-state index in [4.69, 9.17) is 5.73 Å². The van der Waals surface area contributed by atoms with Crippen molar-refractivity contribution < 1.29 is 4.39 Å². The Morgan fingerprint density at radius 1 is 1.08 bits per heavy atom. The van der Waals surface area contributed by atoms with E-state index in [1.165, 1.54) is 28.1 Å². The third kappa shape index (κ3) is 3.22.